The monoisotopic (exact) mass is 420 g/mol. The van der Waals surface area contributed by atoms with Crippen LogP contribution in [0.1, 0.15) is 5.56 Å². The number of ether oxygens (including phenoxy) is 3. The van der Waals surface area contributed by atoms with Crippen LogP contribution >= 0.6 is 0 Å². The molecule has 154 valence electrons. The molecule has 0 N–H and O–H groups in total. The number of aromatic nitrogens is 1. The van der Waals surface area contributed by atoms with Gasteiger partial charge in [0.2, 0.25) is 0 Å². The molecule has 0 aliphatic carbocycles. The van der Waals surface area contributed by atoms with Gasteiger partial charge in [0.15, 0.2) is 5.03 Å². The van der Waals surface area contributed by atoms with E-state index in [4.69, 9.17) is 4.74 Å². The maximum Gasteiger partial charge on any atom is 0.330 e. The Morgan fingerprint density at radius 1 is 1.10 bits per heavy atom. The topological polar surface area (TPSA) is 112 Å². The van der Waals surface area contributed by atoms with Crippen LogP contribution in [-0.2, 0) is 29.1 Å². The third kappa shape index (κ3) is 5.32. The van der Waals surface area contributed by atoms with E-state index >= 15 is 0 Å². The third-order valence-electron chi connectivity index (χ3n) is 3.80. The normalized spacial score (nSPS) is 11.1. The van der Waals surface area contributed by atoms with E-state index in [0.717, 1.165) is 17.5 Å². The molecular formula is C19H20N2O7S. The summed E-state index contributed by atoms with van der Waals surface area (Å²) < 4.78 is 41.7. The molecule has 1 aromatic heterocycles. The van der Waals surface area contributed by atoms with Crippen molar-refractivity contribution < 1.29 is 32.2 Å². The van der Waals surface area contributed by atoms with Gasteiger partial charge < -0.3 is 14.2 Å². The second-order valence-corrected chi connectivity index (χ2v) is 7.35. The van der Waals surface area contributed by atoms with Crippen LogP contribution in [-0.4, -0.2) is 53.2 Å². The Morgan fingerprint density at radius 2 is 1.86 bits per heavy atom. The summed E-state index contributed by atoms with van der Waals surface area (Å²) in [7, 11) is -0.448. The van der Waals surface area contributed by atoms with Crippen molar-refractivity contribution in [2.75, 3.05) is 32.2 Å². The lowest BCUT2D eigenvalue weighted by Gasteiger charge is -2.25. The van der Waals surface area contributed by atoms with Crippen molar-refractivity contribution in [3.8, 4) is 5.75 Å². The molecule has 9 nitrogen and oxygen atoms in total. The highest BCUT2D eigenvalue weighted by molar-refractivity contribution is 7.92. The summed E-state index contributed by atoms with van der Waals surface area (Å²) in [4.78, 5) is 27.3. The third-order valence-corrected chi connectivity index (χ3v) is 5.48. The number of carbonyl (C=O) groups is 2. The molecule has 0 bridgehead atoms. The predicted molar refractivity (Wildman–Crippen MR) is 105 cm³/mol. The SMILES string of the molecule is COC(=O)/C=C/c1ccc(OC)cc1N(CC(=O)OC)S(=O)(=O)c1ccccn1. The number of hydrogen-bond donors (Lipinski definition) is 0. The van der Waals surface area contributed by atoms with Crippen LogP contribution in [0.15, 0.2) is 53.7 Å². The molecule has 0 amide bonds. The van der Waals surface area contributed by atoms with Crippen LogP contribution in [0, 0.1) is 0 Å². The molecule has 0 aliphatic rings. The first-order valence-corrected chi connectivity index (χ1v) is 9.72. The minimum Gasteiger partial charge on any atom is -0.497 e. The van der Waals surface area contributed by atoms with Crippen LogP contribution in [0.3, 0.4) is 0 Å². The van der Waals surface area contributed by atoms with Gasteiger partial charge in [-0.15, -0.1) is 0 Å². The fourth-order valence-electron chi connectivity index (χ4n) is 2.33. The van der Waals surface area contributed by atoms with E-state index < -0.39 is 28.5 Å². The summed E-state index contributed by atoms with van der Waals surface area (Å²) in [5.41, 5.74) is 0.431. The largest absolute Gasteiger partial charge is 0.497 e. The number of methoxy groups -OCH3 is 3. The molecule has 0 aliphatic heterocycles. The molecule has 2 rings (SSSR count). The number of rotatable bonds is 8. The van der Waals surface area contributed by atoms with Crippen LogP contribution in [0.2, 0.25) is 0 Å². The second kappa shape index (κ2) is 9.69. The minimum atomic E-state index is -4.24. The van der Waals surface area contributed by atoms with Gasteiger partial charge in [-0.05, 0) is 35.9 Å². The summed E-state index contributed by atoms with van der Waals surface area (Å²) >= 11 is 0. The first-order chi connectivity index (χ1) is 13.8. The number of nitrogens with zero attached hydrogens (tertiary/aromatic N) is 2. The van der Waals surface area contributed by atoms with Crippen molar-refractivity contribution in [2.45, 2.75) is 5.03 Å². The average Bonchev–Trinajstić information content (AvgIpc) is 2.75. The van der Waals surface area contributed by atoms with Crippen molar-refractivity contribution in [2.24, 2.45) is 0 Å². The Kier molecular flexibility index (Phi) is 7.32. The fourth-order valence-corrected chi connectivity index (χ4v) is 3.69. The van der Waals surface area contributed by atoms with E-state index in [1.165, 1.54) is 44.7 Å². The second-order valence-electron chi connectivity index (χ2n) is 5.54. The Bertz CT molecular complexity index is 1000. The minimum absolute atomic E-state index is 0.0977. The van der Waals surface area contributed by atoms with E-state index in [-0.39, 0.29) is 10.7 Å². The zero-order valence-electron chi connectivity index (χ0n) is 16.1. The molecule has 10 heteroatoms. The van der Waals surface area contributed by atoms with Crippen molar-refractivity contribution in [1.82, 2.24) is 4.98 Å². The molecular weight excluding hydrogens is 400 g/mol. The van der Waals surface area contributed by atoms with Gasteiger partial charge in [-0.2, -0.15) is 8.42 Å². The zero-order chi connectivity index (χ0) is 21.4. The van der Waals surface area contributed by atoms with Crippen LogP contribution < -0.4 is 9.04 Å². The Hall–Kier alpha value is -3.40. The average molecular weight is 420 g/mol. The number of anilines is 1. The van der Waals surface area contributed by atoms with Gasteiger partial charge in [0, 0.05) is 18.3 Å². The lowest BCUT2D eigenvalue weighted by Crippen LogP contribution is -2.37. The molecule has 0 radical (unpaired) electrons. The number of pyridine rings is 1. The van der Waals surface area contributed by atoms with Gasteiger partial charge in [-0.1, -0.05) is 6.07 Å². The van der Waals surface area contributed by atoms with Crippen molar-refractivity contribution >= 4 is 33.7 Å². The standard InChI is InChI=1S/C19H20N2O7S/c1-26-15-9-7-14(8-10-18(22)27-2)16(12-15)21(13-19(23)28-3)29(24,25)17-6-4-5-11-20-17/h4-12H,13H2,1-3H3/b10-8+. The van der Waals surface area contributed by atoms with Gasteiger partial charge in [0.25, 0.3) is 10.0 Å². The smallest absolute Gasteiger partial charge is 0.330 e. The number of esters is 2. The molecule has 2 aromatic rings. The highest BCUT2D eigenvalue weighted by Gasteiger charge is 2.30. The van der Waals surface area contributed by atoms with E-state index in [2.05, 4.69) is 14.5 Å². The molecule has 29 heavy (non-hydrogen) atoms. The van der Waals surface area contributed by atoms with Gasteiger partial charge in [-0.3, -0.25) is 9.10 Å². The Labute approximate surface area is 168 Å². The first kappa shape index (κ1) is 21.9. The summed E-state index contributed by atoms with van der Waals surface area (Å²) in [6.45, 7) is -0.609. The van der Waals surface area contributed by atoms with Crippen LogP contribution in [0.4, 0.5) is 5.69 Å². The first-order valence-electron chi connectivity index (χ1n) is 8.28. The Balaban J connectivity index is 2.68. The number of sulfonamides is 1. The summed E-state index contributed by atoms with van der Waals surface area (Å²) in [5, 5.41) is -0.255. The van der Waals surface area contributed by atoms with E-state index in [9.17, 15) is 18.0 Å². The zero-order valence-corrected chi connectivity index (χ0v) is 16.9. The maximum absolute atomic E-state index is 13.2. The Morgan fingerprint density at radius 3 is 2.45 bits per heavy atom. The van der Waals surface area contributed by atoms with Crippen molar-refractivity contribution in [3.63, 3.8) is 0 Å². The van der Waals surface area contributed by atoms with E-state index in [1.54, 1.807) is 18.2 Å². The van der Waals surface area contributed by atoms with Gasteiger partial charge in [0.1, 0.15) is 12.3 Å². The molecule has 0 saturated carbocycles. The summed E-state index contributed by atoms with van der Waals surface area (Å²) in [5.74, 6) is -1.06. The molecule has 0 spiro atoms. The molecule has 0 atom stereocenters. The molecule has 0 unspecified atom stereocenters. The van der Waals surface area contributed by atoms with Gasteiger partial charge in [-0.25, -0.2) is 9.78 Å². The summed E-state index contributed by atoms with van der Waals surface area (Å²) in [6.07, 6.45) is 3.83. The lowest BCUT2D eigenvalue weighted by atomic mass is 10.1. The van der Waals surface area contributed by atoms with Crippen molar-refractivity contribution in [1.29, 1.82) is 0 Å². The fraction of sp³-hybridized carbons (Fsp3) is 0.211. The quantitative estimate of drug-likeness (QED) is 0.468. The molecule has 1 aromatic carbocycles. The lowest BCUT2D eigenvalue weighted by molar-refractivity contribution is -0.138. The highest BCUT2D eigenvalue weighted by Crippen LogP contribution is 2.31. The molecule has 1 heterocycles. The van der Waals surface area contributed by atoms with E-state index in [1.807, 2.05) is 0 Å². The van der Waals surface area contributed by atoms with E-state index in [0.29, 0.717) is 11.3 Å². The van der Waals surface area contributed by atoms with Crippen molar-refractivity contribution in [3.05, 3.63) is 54.2 Å². The van der Waals surface area contributed by atoms with Gasteiger partial charge >= 0.3 is 11.9 Å². The van der Waals surface area contributed by atoms with Crippen LogP contribution in [0.25, 0.3) is 6.08 Å². The predicted octanol–water partition coefficient (Wildman–Crippen LogP) is 1.64. The number of benzene rings is 1. The maximum atomic E-state index is 13.2. The van der Waals surface area contributed by atoms with Crippen LogP contribution in [0.5, 0.6) is 5.75 Å². The number of hydrogen-bond acceptors (Lipinski definition) is 8. The van der Waals surface area contributed by atoms with Gasteiger partial charge in [0.05, 0.1) is 27.0 Å². The molecule has 0 fully saturated rings. The number of carbonyl (C=O) groups excluding carboxylic acids is 2. The summed E-state index contributed by atoms with van der Waals surface area (Å²) in [6, 6.07) is 8.96. The highest BCUT2D eigenvalue weighted by atomic mass is 32.2. The molecule has 0 saturated heterocycles.